The molecule has 1 aromatic rings. The fourth-order valence-electron chi connectivity index (χ4n) is 1.25. The first-order valence-corrected chi connectivity index (χ1v) is 4.92. The number of carbonyl (C=O) groups is 2. The third kappa shape index (κ3) is 2.98. The number of amides is 2. The van der Waals surface area contributed by atoms with Crippen LogP contribution in [0, 0.1) is 0 Å². The summed E-state index contributed by atoms with van der Waals surface area (Å²) in [7, 11) is 0. The fourth-order valence-corrected chi connectivity index (χ4v) is 1.25. The third-order valence-electron chi connectivity index (χ3n) is 2.14. The Morgan fingerprint density at radius 1 is 1.38 bits per heavy atom. The molecular formula is C11H14N2O3. The van der Waals surface area contributed by atoms with Crippen molar-refractivity contribution in [3.05, 3.63) is 29.8 Å². The van der Waals surface area contributed by atoms with E-state index >= 15 is 0 Å². The molecular weight excluding hydrogens is 208 g/mol. The number of rotatable bonds is 4. The first-order chi connectivity index (χ1) is 7.54. The minimum atomic E-state index is -0.854. The number of phenols is 1. The molecule has 1 aromatic carbocycles. The van der Waals surface area contributed by atoms with Crippen molar-refractivity contribution in [3.8, 4) is 5.75 Å². The first kappa shape index (κ1) is 12.0. The zero-order valence-corrected chi connectivity index (χ0v) is 8.93. The summed E-state index contributed by atoms with van der Waals surface area (Å²) in [5.41, 5.74) is 5.74. The van der Waals surface area contributed by atoms with E-state index in [-0.39, 0.29) is 18.1 Å². The average molecular weight is 222 g/mol. The van der Waals surface area contributed by atoms with E-state index in [0.717, 1.165) is 0 Å². The molecule has 0 aliphatic carbocycles. The number of primary amides is 1. The van der Waals surface area contributed by atoms with Crippen molar-refractivity contribution in [3.63, 3.8) is 0 Å². The van der Waals surface area contributed by atoms with Crippen LogP contribution in [0.1, 0.15) is 24.9 Å². The second-order valence-corrected chi connectivity index (χ2v) is 3.35. The normalized spacial score (nSPS) is 11.8. The van der Waals surface area contributed by atoms with Gasteiger partial charge >= 0.3 is 0 Å². The van der Waals surface area contributed by atoms with E-state index in [1.807, 2.05) is 0 Å². The van der Waals surface area contributed by atoms with Crippen LogP contribution in [-0.2, 0) is 9.59 Å². The molecule has 5 nitrogen and oxygen atoms in total. The Labute approximate surface area is 93.3 Å². The molecule has 0 heterocycles. The highest BCUT2D eigenvalue weighted by Gasteiger charge is 2.19. The molecule has 1 atom stereocenters. The third-order valence-corrected chi connectivity index (χ3v) is 2.14. The van der Waals surface area contributed by atoms with Crippen LogP contribution in [0.25, 0.3) is 0 Å². The van der Waals surface area contributed by atoms with Crippen molar-refractivity contribution in [2.24, 2.45) is 5.73 Å². The average Bonchev–Trinajstić information content (AvgIpc) is 2.26. The van der Waals surface area contributed by atoms with Gasteiger partial charge in [-0.25, -0.2) is 0 Å². The highest BCUT2D eigenvalue weighted by atomic mass is 16.3. The summed E-state index contributed by atoms with van der Waals surface area (Å²) in [5, 5.41) is 11.6. The van der Waals surface area contributed by atoms with Gasteiger partial charge in [0.25, 0.3) is 0 Å². The number of aromatic hydroxyl groups is 1. The van der Waals surface area contributed by atoms with Crippen molar-refractivity contribution >= 4 is 11.8 Å². The molecule has 0 fully saturated rings. The van der Waals surface area contributed by atoms with Gasteiger partial charge in [-0.1, -0.05) is 19.1 Å². The lowest BCUT2D eigenvalue weighted by molar-refractivity contribution is -0.127. The van der Waals surface area contributed by atoms with E-state index < -0.39 is 11.9 Å². The Bertz CT molecular complexity index is 387. The maximum absolute atomic E-state index is 11.2. The van der Waals surface area contributed by atoms with Gasteiger partial charge in [0.2, 0.25) is 11.8 Å². The lowest BCUT2D eigenvalue weighted by Crippen LogP contribution is -2.37. The van der Waals surface area contributed by atoms with E-state index in [4.69, 9.17) is 10.8 Å². The van der Waals surface area contributed by atoms with Gasteiger partial charge in [-0.2, -0.15) is 0 Å². The first-order valence-electron chi connectivity index (χ1n) is 4.92. The second-order valence-electron chi connectivity index (χ2n) is 3.35. The summed E-state index contributed by atoms with van der Waals surface area (Å²) < 4.78 is 0. The molecule has 0 aromatic heterocycles. The molecule has 86 valence electrons. The lowest BCUT2D eigenvalue weighted by atomic mass is 10.1. The Balaban J connectivity index is 2.89. The van der Waals surface area contributed by atoms with E-state index in [1.54, 1.807) is 19.1 Å². The molecule has 0 spiro atoms. The number of nitrogens with one attached hydrogen (secondary N) is 1. The van der Waals surface area contributed by atoms with Crippen molar-refractivity contribution in [2.75, 3.05) is 0 Å². The van der Waals surface area contributed by atoms with Gasteiger partial charge in [-0.3, -0.25) is 9.59 Å². The van der Waals surface area contributed by atoms with Gasteiger partial charge < -0.3 is 16.2 Å². The van der Waals surface area contributed by atoms with Crippen LogP contribution in [-0.4, -0.2) is 16.9 Å². The molecule has 0 aliphatic rings. The van der Waals surface area contributed by atoms with E-state index in [0.29, 0.717) is 5.56 Å². The minimum absolute atomic E-state index is 0.0915. The van der Waals surface area contributed by atoms with Crippen molar-refractivity contribution in [2.45, 2.75) is 19.4 Å². The van der Waals surface area contributed by atoms with Crippen LogP contribution in [0.4, 0.5) is 0 Å². The molecule has 0 radical (unpaired) electrons. The number of nitrogens with two attached hydrogens (primary N) is 1. The Kier molecular flexibility index (Phi) is 3.88. The molecule has 1 unspecified atom stereocenters. The SMILES string of the molecule is CCC(=O)NC(C(N)=O)c1ccc(O)cc1. The van der Waals surface area contributed by atoms with Gasteiger partial charge in [0.15, 0.2) is 0 Å². The summed E-state index contributed by atoms with van der Waals surface area (Å²) in [4.78, 5) is 22.4. The maximum atomic E-state index is 11.2. The molecule has 16 heavy (non-hydrogen) atoms. The summed E-state index contributed by atoms with van der Waals surface area (Å²) >= 11 is 0. The standard InChI is InChI=1S/C11H14N2O3/c1-2-9(15)13-10(11(12)16)7-3-5-8(14)6-4-7/h3-6,10,14H,2H2,1H3,(H2,12,16)(H,13,15). The molecule has 0 saturated heterocycles. The number of benzene rings is 1. The predicted molar refractivity (Wildman–Crippen MR) is 58.5 cm³/mol. The van der Waals surface area contributed by atoms with Gasteiger partial charge in [0.05, 0.1) is 0 Å². The zero-order chi connectivity index (χ0) is 12.1. The fraction of sp³-hybridized carbons (Fsp3) is 0.273. The molecule has 0 saturated carbocycles. The summed E-state index contributed by atoms with van der Waals surface area (Å²) in [6.07, 6.45) is 0.280. The molecule has 2 amide bonds. The predicted octanol–water partition coefficient (Wildman–Crippen LogP) is 0.445. The molecule has 0 aliphatic heterocycles. The van der Waals surface area contributed by atoms with Gasteiger partial charge in [-0.15, -0.1) is 0 Å². The highest BCUT2D eigenvalue weighted by molar-refractivity contribution is 5.87. The molecule has 4 N–H and O–H groups in total. The van der Waals surface area contributed by atoms with Crippen LogP contribution in [0.15, 0.2) is 24.3 Å². The van der Waals surface area contributed by atoms with E-state index in [9.17, 15) is 9.59 Å². The van der Waals surface area contributed by atoms with Crippen LogP contribution in [0.2, 0.25) is 0 Å². The Morgan fingerprint density at radius 2 is 1.94 bits per heavy atom. The minimum Gasteiger partial charge on any atom is -0.508 e. The molecule has 0 bridgehead atoms. The van der Waals surface area contributed by atoms with Gasteiger partial charge in [0, 0.05) is 6.42 Å². The largest absolute Gasteiger partial charge is 0.508 e. The van der Waals surface area contributed by atoms with Crippen LogP contribution >= 0.6 is 0 Å². The number of phenolic OH excluding ortho intramolecular Hbond substituents is 1. The second kappa shape index (κ2) is 5.16. The van der Waals surface area contributed by atoms with E-state index in [2.05, 4.69) is 5.32 Å². The topological polar surface area (TPSA) is 92.4 Å². The van der Waals surface area contributed by atoms with Gasteiger partial charge in [-0.05, 0) is 17.7 Å². The van der Waals surface area contributed by atoms with Crippen molar-refractivity contribution in [1.82, 2.24) is 5.32 Å². The maximum Gasteiger partial charge on any atom is 0.244 e. The van der Waals surface area contributed by atoms with Crippen molar-refractivity contribution in [1.29, 1.82) is 0 Å². The number of hydrogen-bond acceptors (Lipinski definition) is 3. The molecule has 5 heteroatoms. The highest BCUT2D eigenvalue weighted by Crippen LogP contribution is 2.16. The number of hydrogen-bond donors (Lipinski definition) is 3. The van der Waals surface area contributed by atoms with Crippen molar-refractivity contribution < 1.29 is 14.7 Å². The van der Waals surface area contributed by atoms with Crippen LogP contribution < -0.4 is 11.1 Å². The monoisotopic (exact) mass is 222 g/mol. The number of carbonyl (C=O) groups excluding carboxylic acids is 2. The summed E-state index contributed by atoms with van der Waals surface area (Å²) in [6.45, 7) is 1.68. The zero-order valence-electron chi connectivity index (χ0n) is 8.93. The van der Waals surface area contributed by atoms with E-state index in [1.165, 1.54) is 12.1 Å². The summed E-state index contributed by atoms with van der Waals surface area (Å²) in [5.74, 6) is -0.793. The Morgan fingerprint density at radius 3 is 2.38 bits per heavy atom. The Hall–Kier alpha value is -2.04. The molecule has 1 rings (SSSR count). The van der Waals surface area contributed by atoms with Crippen LogP contribution in [0.5, 0.6) is 5.75 Å². The quantitative estimate of drug-likeness (QED) is 0.690. The smallest absolute Gasteiger partial charge is 0.244 e. The lowest BCUT2D eigenvalue weighted by Gasteiger charge is -2.15. The van der Waals surface area contributed by atoms with Gasteiger partial charge in [0.1, 0.15) is 11.8 Å². The summed E-state index contributed by atoms with van der Waals surface area (Å²) in [6, 6.07) is 5.10. The van der Waals surface area contributed by atoms with Crippen LogP contribution in [0.3, 0.4) is 0 Å².